The fourth-order valence-electron chi connectivity index (χ4n) is 2.74. The number of carbonyl (C=O) groups is 2. The molecule has 1 aliphatic heterocycles. The van der Waals surface area contributed by atoms with Gasteiger partial charge in [0.1, 0.15) is 0 Å². The van der Waals surface area contributed by atoms with Gasteiger partial charge in [-0.3, -0.25) is 9.59 Å². The molecule has 0 aromatic rings. The first-order valence-corrected chi connectivity index (χ1v) is 5.79. The Kier molecular flexibility index (Phi) is 3.08. The van der Waals surface area contributed by atoms with Crippen LogP contribution in [-0.2, 0) is 14.3 Å². The zero-order valence-electron chi connectivity index (χ0n) is 9.07. The van der Waals surface area contributed by atoms with Crippen LogP contribution in [0.4, 0.5) is 0 Å². The molecule has 0 aromatic heterocycles. The van der Waals surface area contributed by atoms with E-state index in [-0.39, 0.29) is 17.8 Å². The highest BCUT2D eigenvalue weighted by Crippen LogP contribution is 2.36. The number of rotatable bonds is 2. The van der Waals surface area contributed by atoms with Crippen LogP contribution in [-0.4, -0.2) is 11.9 Å². The van der Waals surface area contributed by atoms with E-state index in [0.717, 1.165) is 0 Å². The molecule has 1 saturated carbocycles. The maximum Gasteiger partial charge on any atom is 0.318 e. The molecule has 2 rings (SSSR count). The predicted molar refractivity (Wildman–Crippen MR) is 54.6 cm³/mol. The quantitative estimate of drug-likeness (QED) is 0.516. The predicted octanol–water partition coefficient (Wildman–Crippen LogP) is 2.11. The molecular weight excluding hydrogens is 192 g/mol. The summed E-state index contributed by atoms with van der Waals surface area (Å²) in [6.45, 7) is 2.07. The van der Waals surface area contributed by atoms with Gasteiger partial charge in [0.2, 0.25) is 0 Å². The Hall–Kier alpha value is -0.860. The number of carbonyl (C=O) groups excluding carboxylic acids is 2. The molecule has 2 aliphatic rings. The summed E-state index contributed by atoms with van der Waals surface area (Å²) in [5, 5.41) is 0. The first-order valence-electron chi connectivity index (χ1n) is 5.79. The highest BCUT2D eigenvalue weighted by Gasteiger charge is 2.40. The summed E-state index contributed by atoms with van der Waals surface area (Å²) in [5.41, 5.74) is 0. The fourth-order valence-corrected chi connectivity index (χ4v) is 2.74. The van der Waals surface area contributed by atoms with Gasteiger partial charge in [-0.1, -0.05) is 39.0 Å². The van der Waals surface area contributed by atoms with Crippen LogP contribution in [0.15, 0.2) is 0 Å². The van der Waals surface area contributed by atoms with Gasteiger partial charge >= 0.3 is 11.9 Å². The maximum atomic E-state index is 11.4. The van der Waals surface area contributed by atoms with E-state index in [9.17, 15) is 9.59 Å². The van der Waals surface area contributed by atoms with Gasteiger partial charge in [-0.2, -0.15) is 0 Å². The summed E-state index contributed by atoms with van der Waals surface area (Å²) in [7, 11) is 0. The lowest BCUT2D eigenvalue weighted by molar-refractivity contribution is -0.153. The van der Waals surface area contributed by atoms with Crippen LogP contribution in [0.5, 0.6) is 0 Å². The van der Waals surface area contributed by atoms with Crippen molar-refractivity contribution in [1.29, 1.82) is 0 Å². The van der Waals surface area contributed by atoms with E-state index in [1.807, 2.05) is 0 Å². The molecule has 0 aromatic carbocycles. The van der Waals surface area contributed by atoms with Crippen molar-refractivity contribution >= 4 is 11.9 Å². The lowest BCUT2D eigenvalue weighted by atomic mass is 9.74. The van der Waals surface area contributed by atoms with Gasteiger partial charge < -0.3 is 4.74 Å². The van der Waals surface area contributed by atoms with Crippen molar-refractivity contribution in [2.75, 3.05) is 0 Å². The SMILES string of the molecule is CC(C1CCCCC1)C1[CH]C(=O)OC1=O. The molecule has 15 heavy (non-hydrogen) atoms. The molecule has 0 amide bonds. The van der Waals surface area contributed by atoms with Crippen LogP contribution in [0, 0.1) is 24.2 Å². The Labute approximate surface area is 90.2 Å². The van der Waals surface area contributed by atoms with Crippen LogP contribution in [0.1, 0.15) is 39.0 Å². The highest BCUT2D eigenvalue weighted by molar-refractivity contribution is 6.01. The molecule has 2 unspecified atom stereocenters. The van der Waals surface area contributed by atoms with Crippen LogP contribution < -0.4 is 0 Å². The van der Waals surface area contributed by atoms with E-state index in [2.05, 4.69) is 11.7 Å². The molecule has 2 atom stereocenters. The molecule has 1 saturated heterocycles. The topological polar surface area (TPSA) is 43.4 Å². The summed E-state index contributed by atoms with van der Waals surface area (Å²) < 4.78 is 4.55. The minimum absolute atomic E-state index is 0.254. The molecule has 83 valence electrons. The molecule has 1 heterocycles. The number of ether oxygens (including phenoxy) is 1. The third-order valence-corrected chi connectivity index (χ3v) is 3.75. The summed E-state index contributed by atoms with van der Waals surface area (Å²) in [6.07, 6.45) is 7.64. The van der Waals surface area contributed by atoms with Gasteiger partial charge in [-0.05, 0) is 11.8 Å². The minimum Gasteiger partial charge on any atom is -0.393 e. The van der Waals surface area contributed by atoms with E-state index in [1.165, 1.54) is 38.5 Å². The van der Waals surface area contributed by atoms with E-state index in [1.54, 1.807) is 0 Å². The summed E-state index contributed by atoms with van der Waals surface area (Å²) >= 11 is 0. The Morgan fingerprint density at radius 2 is 1.93 bits per heavy atom. The summed E-state index contributed by atoms with van der Waals surface area (Å²) in [6, 6.07) is 0. The fraction of sp³-hybridized carbons (Fsp3) is 0.750. The summed E-state index contributed by atoms with van der Waals surface area (Å²) in [5.74, 6) is -0.269. The monoisotopic (exact) mass is 209 g/mol. The Morgan fingerprint density at radius 3 is 2.47 bits per heavy atom. The molecule has 1 radical (unpaired) electrons. The third-order valence-electron chi connectivity index (χ3n) is 3.75. The van der Waals surface area contributed by atoms with Crippen molar-refractivity contribution in [3.63, 3.8) is 0 Å². The van der Waals surface area contributed by atoms with Gasteiger partial charge in [0.25, 0.3) is 0 Å². The standard InChI is InChI=1S/C12H17O3/c1-8(9-5-3-2-4-6-9)10-7-11(13)15-12(10)14/h7-10H,2-6H2,1H3. The van der Waals surface area contributed by atoms with Gasteiger partial charge in [-0.25, -0.2) is 0 Å². The zero-order chi connectivity index (χ0) is 10.8. The highest BCUT2D eigenvalue weighted by atomic mass is 16.6. The molecule has 1 aliphatic carbocycles. The minimum atomic E-state index is -0.465. The van der Waals surface area contributed by atoms with Crippen LogP contribution in [0.25, 0.3) is 0 Å². The third kappa shape index (κ3) is 2.21. The summed E-state index contributed by atoms with van der Waals surface area (Å²) in [4.78, 5) is 22.3. The zero-order valence-corrected chi connectivity index (χ0v) is 9.07. The lowest BCUT2D eigenvalue weighted by Crippen LogP contribution is -2.26. The van der Waals surface area contributed by atoms with Gasteiger partial charge in [-0.15, -0.1) is 0 Å². The van der Waals surface area contributed by atoms with Crippen molar-refractivity contribution in [2.24, 2.45) is 17.8 Å². The lowest BCUT2D eigenvalue weighted by Gasteiger charge is -2.29. The smallest absolute Gasteiger partial charge is 0.318 e. The Balaban J connectivity index is 1.97. The Morgan fingerprint density at radius 1 is 1.27 bits per heavy atom. The molecule has 2 fully saturated rings. The maximum absolute atomic E-state index is 11.4. The number of esters is 2. The second-order valence-corrected chi connectivity index (χ2v) is 4.69. The normalized spacial score (nSPS) is 30.3. The van der Waals surface area contributed by atoms with Crippen molar-refractivity contribution in [1.82, 2.24) is 0 Å². The van der Waals surface area contributed by atoms with Gasteiger partial charge in [0.15, 0.2) is 0 Å². The molecular formula is C12H17O3. The first kappa shape index (κ1) is 10.7. The van der Waals surface area contributed by atoms with E-state index < -0.39 is 5.97 Å². The largest absolute Gasteiger partial charge is 0.393 e. The molecule has 0 bridgehead atoms. The second kappa shape index (κ2) is 4.33. The van der Waals surface area contributed by atoms with E-state index >= 15 is 0 Å². The first-order chi connectivity index (χ1) is 7.18. The van der Waals surface area contributed by atoms with Crippen molar-refractivity contribution in [2.45, 2.75) is 39.0 Å². The number of hydrogen-bond donors (Lipinski definition) is 0. The van der Waals surface area contributed by atoms with E-state index in [0.29, 0.717) is 5.92 Å². The molecule has 0 spiro atoms. The average Bonchev–Trinajstić information content (AvgIpc) is 2.58. The van der Waals surface area contributed by atoms with Crippen LogP contribution in [0.2, 0.25) is 0 Å². The van der Waals surface area contributed by atoms with Crippen molar-refractivity contribution in [3.8, 4) is 0 Å². The van der Waals surface area contributed by atoms with Crippen molar-refractivity contribution in [3.05, 3.63) is 6.42 Å². The van der Waals surface area contributed by atoms with E-state index in [4.69, 9.17) is 0 Å². The van der Waals surface area contributed by atoms with Crippen LogP contribution >= 0.6 is 0 Å². The average molecular weight is 209 g/mol. The Bertz CT molecular complexity index is 266. The van der Waals surface area contributed by atoms with Crippen molar-refractivity contribution < 1.29 is 14.3 Å². The number of cyclic esters (lactones) is 2. The second-order valence-electron chi connectivity index (χ2n) is 4.69. The number of hydrogen-bond acceptors (Lipinski definition) is 3. The molecule has 3 nitrogen and oxygen atoms in total. The molecule has 3 heteroatoms. The molecule has 0 N–H and O–H groups in total. The van der Waals surface area contributed by atoms with Crippen LogP contribution in [0.3, 0.4) is 0 Å². The van der Waals surface area contributed by atoms with Gasteiger partial charge in [0, 0.05) is 0 Å². The van der Waals surface area contributed by atoms with Gasteiger partial charge in [0.05, 0.1) is 12.3 Å².